The van der Waals surface area contributed by atoms with Crippen LogP contribution in [-0.2, 0) is 0 Å². The molecule has 2 aromatic rings. The lowest BCUT2D eigenvalue weighted by Crippen LogP contribution is -1.92. The van der Waals surface area contributed by atoms with E-state index in [1.54, 1.807) is 13.3 Å². The lowest BCUT2D eigenvalue weighted by atomic mass is 10.2. The van der Waals surface area contributed by atoms with E-state index in [1.807, 2.05) is 42.5 Å². The Hall–Kier alpha value is -2.49. The van der Waals surface area contributed by atoms with Crippen molar-refractivity contribution in [3.05, 3.63) is 48.0 Å². The lowest BCUT2D eigenvalue weighted by Gasteiger charge is -1.99. The van der Waals surface area contributed by atoms with Gasteiger partial charge in [-0.2, -0.15) is 0 Å². The van der Waals surface area contributed by atoms with Crippen molar-refractivity contribution in [3.8, 4) is 17.2 Å². The predicted molar refractivity (Wildman–Crippen MR) is 72.8 cm³/mol. The van der Waals surface area contributed by atoms with E-state index in [2.05, 4.69) is 4.99 Å². The Bertz CT molecular complexity index is 605. The summed E-state index contributed by atoms with van der Waals surface area (Å²) in [7, 11) is 1.65. The zero-order valence-corrected chi connectivity index (χ0v) is 10.5. The van der Waals surface area contributed by atoms with Gasteiger partial charge in [-0.25, -0.2) is 0 Å². The number of aliphatic imine (C=N–C) groups is 1. The summed E-state index contributed by atoms with van der Waals surface area (Å²) in [5.74, 6) is 2.34. The molecule has 96 valence electrons. The van der Waals surface area contributed by atoms with Crippen molar-refractivity contribution in [1.82, 2.24) is 0 Å². The molecule has 0 spiro atoms. The van der Waals surface area contributed by atoms with Crippen LogP contribution in [0.1, 0.15) is 5.56 Å². The van der Waals surface area contributed by atoms with Crippen molar-refractivity contribution >= 4 is 11.9 Å². The summed E-state index contributed by atoms with van der Waals surface area (Å²) in [6.07, 6.45) is 1.80. The molecule has 4 nitrogen and oxygen atoms in total. The molecule has 0 bridgehead atoms. The highest BCUT2D eigenvalue weighted by Gasteiger charge is 2.12. The van der Waals surface area contributed by atoms with Crippen LogP contribution in [-0.4, -0.2) is 20.1 Å². The minimum Gasteiger partial charge on any atom is -0.497 e. The van der Waals surface area contributed by atoms with E-state index >= 15 is 0 Å². The van der Waals surface area contributed by atoms with Gasteiger partial charge >= 0.3 is 0 Å². The minimum absolute atomic E-state index is 0.279. The third kappa shape index (κ3) is 2.52. The van der Waals surface area contributed by atoms with Gasteiger partial charge in [0, 0.05) is 12.3 Å². The van der Waals surface area contributed by atoms with Gasteiger partial charge in [0.2, 0.25) is 6.79 Å². The summed E-state index contributed by atoms with van der Waals surface area (Å²) in [4.78, 5) is 4.41. The molecule has 4 heteroatoms. The van der Waals surface area contributed by atoms with Crippen molar-refractivity contribution < 1.29 is 14.2 Å². The molecule has 1 aliphatic rings. The second-order valence-corrected chi connectivity index (χ2v) is 4.07. The van der Waals surface area contributed by atoms with Crippen molar-refractivity contribution in [2.24, 2.45) is 4.99 Å². The molecule has 3 rings (SSSR count). The number of hydrogen-bond donors (Lipinski definition) is 0. The second kappa shape index (κ2) is 5.02. The summed E-state index contributed by atoms with van der Waals surface area (Å²) in [5.41, 5.74) is 1.85. The standard InChI is InChI=1S/C15H13NO3/c1-17-13-5-2-11(3-6-13)9-16-12-4-7-14-15(8-12)19-10-18-14/h2-9H,10H2,1H3. The fourth-order valence-electron chi connectivity index (χ4n) is 1.80. The monoisotopic (exact) mass is 255 g/mol. The van der Waals surface area contributed by atoms with Crippen LogP contribution in [0.2, 0.25) is 0 Å². The van der Waals surface area contributed by atoms with Gasteiger partial charge in [-0.05, 0) is 42.0 Å². The molecular formula is C15H13NO3. The SMILES string of the molecule is COc1ccc(C=Nc2ccc3c(c2)OCO3)cc1. The average Bonchev–Trinajstić information content (AvgIpc) is 2.93. The summed E-state index contributed by atoms with van der Waals surface area (Å²) >= 11 is 0. The molecule has 1 aliphatic heterocycles. The normalized spacial score (nSPS) is 12.9. The number of benzene rings is 2. The van der Waals surface area contributed by atoms with Gasteiger partial charge in [0.05, 0.1) is 12.8 Å². The van der Waals surface area contributed by atoms with Crippen molar-refractivity contribution in [3.63, 3.8) is 0 Å². The molecular weight excluding hydrogens is 242 g/mol. The second-order valence-electron chi connectivity index (χ2n) is 4.07. The van der Waals surface area contributed by atoms with Gasteiger partial charge in [0.1, 0.15) is 5.75 Å². The Kier molecular flexibility index (Phi) is 3.06. The first-order valence-electron chi connectivity index (χ1n) is 5.93. The van der Waals surface area contributed by atoms with E-state index in [-0.39, 0.29) is 6.79 Å². The quantitative estimate of drug-likeness (QED) is 0.791. The fourth-order valence-corrected chi connectivity index (χ4v) is 1.80. The van der Waals surface area contributed by atoms with Crippen LogP contribution < -0.4 is 14.2 Å². The average molecular weight is 255 g/mol. The molecule has 2 aromatic carbocycles. The molecule has 0 amide bonds. The molecule has 0 aromatic heterocycles. The zero-order valence-electron chi connectivity index (χ0n) is 10.5. The first kappa shape index (κ1) is 11.6. The molecule has 1 heterocycles. The number of ether oxygens (including phenoxy) is 3. The third-order valence-electron chi connectivity index (χ3n) is 2.83. The molecule has 19 heavy (non-hydrogen) atoms. The number of rotatable bonds is 3. The van der Waals surface area contributed by atoms with Crippen LogP contribution in [0.25, 0.3) is 0 Å². The maximum atomic E-state index is 5.31. The van der Waals surface area contributed by atoms with Crippen LogP contribution in [0.4, 0.5) is 5.69 Å². The fraction of sp³-hybridized carbons (Fsp3) is 0.133. The van der Waals surface area contributed by atoms with E-state index in [0.717, 1.165) is 28.5 Å². The van der Waals surface area contributed by atoms with Crippen molar-refractivity contribution in [1.29, 1.82) is 0 Å². The van der Waals surface area contributed by atoms with E-state index in [0.29, 0.717) is 0 Å². The third-order valence-corrected chi connectivity index (χ3v) is 2.83. The van der Waals surface area contributed by atoms with Crippen LogP contribution in [0.15, 0.2) is 47.5 Å². The minimum atomic E-state index is 0.279. The highest BCUT2D eigenvalue weighted by Crippen LogP contribution is 2.35. The van der Waals surface area contributed by atoms with Crippen molar-refractivity contribution in [2.45, 2.75) is 0 Å². The Morgan fingerprint density at radius 3 is 2.63 bits per heavy atom. The van der Waals surface area contributed by atoms with Crippen LogP contribution in [0, 0.1) is 0 Å². The van der Waals surface area contributed by atoms with Gasteiger partial charge in [0.15, 0.2) is 11.5 Å². The molecule has 0 atom stereocenters. The summed E-state index contributed by atoms with van der Waals surface area (Å²) in [5, 5.41) is 0. The maximum Gasteiger partial charge on any atom is 0.231 e. The highest BCUT2D eigenvalue weighted by molar-refractivity contribution is 5.82. The topological polar surface area (TPSA) is 40.0 Å². The molecule has 0 fully saturated rings. The molecule has 0 aliphatic carbocycles. The summed E-state index contributed by atoms with van der Waals surface area (Å²) < 4.78 is 15.7. The van der Waals surface area contributed by atoms with Gasteiger partial charge in [-0.1, -0.05) is 0 Å². The molecule has 0 N–H and O–H groups in total. The van der Waals surface area contributed by atoms with Crippen molar-refractivity contribution in [2.75, 3.05) is 13.9 Å². The predicted octanol–water partition coefficient (Wildman–Crippen LogP) is 3.17. The molecule has 0 unspecified atom stereocenters. The number of fused-ring (bicyclic) bond motifs is 1. The first-order chi connectivity index (χ1) is 9.35. The Morgan fingerprint density at radius 1 is 1.05 bits per heavy atom. The van der Waals surface area contributed by atoms with Gasteiger partial charge in [-0.3, -0.25) is 4.99 Å². The Labute approximate surface area is 111 Å². The molecule has 0 radical (unpaired) electrons. The highest BCUT2D eigenvalue weighted by atomic mass is 16.7. The van der Waals surface area contributed by atoms with Gasteiger partial charge in [-0.15, -0.1) is 0 Å². The van der Waals surface area contributed by atoms with Crippen LogP contribution in [0.5, 0.6) is 17.2 Å². The lowest BCUT2D eigenvalue weighted by molar-refractivity contribution is 0.174. The Balaban J connectivity index is 1.78. The number of nitrogens with zero attached hydrogens (tertiary/aromatic N) is 1. The van der Waals surface area contributed by atoms with Crippen LogP contribution >= 0.6 is 0 Å². The van der Waals surface area contributed by atoms with Crippen LogP contribution in [0.3, 0.4) is 0 Å². The summed E-state index contributed by atoms with van der Waals surface area (Å²) in [6.45, 7) is 0.279. The largest absolute Gasteiger partial charge is 0.497 e. The molecule has 0 saturated heterocycles. The van der Waals surface area contributed by atoms with E-state index in [1.165, 1.54) is 0 Å². The zero-order chi connectivity index (χ0) is 13.1. The molecule has 0 saturated carbocycles. The van der Waals surface area contributed by atoms with E-state index < -0.39 is 0 Å². The number of hydrogen-bond acceptors (Lipinski definition) is 4. The first-order valence-corrected chi connectivity index (χ1v) is 5.93. The smallest absolute Gasteiger partial charge is 0.231 e. The van der Waals surface area contributed by atoms with Gasteiger partial charge in [0.25, 0.3) is 0 Å². The van der Waals surface area contributed by atoms with E-state index in [4.69, 9.17) is 14.2 Å². The van der Waals surface area contributed by atoms with E-state index in [9.17, 15) is 0 Å². The Morgan fingerprint density at radius 2 is 1.84 bits per heavy atom. The number of methoxy groups -OCH3 is 1. The maximum absolute atomic E-state index is 5.31. The van der Waals surface area contributed by atoms with Gasteiger partial charge < -0.3 is 14.2 Å². The summed E-state index contributed by atoms with van der Waals surface area (Å²) in [6, 6.07) is 13.3.